The summed E-state index contributed by atoms with van der Waals surface area (Å²) < 4.78 is 27.7. The van der Waals surface area contributed by atoms with Crippen LogP contribution in [0, 0.1) is 18.6 Å². The number of benzene rings is 1. The topological polar surface area (TPSA) is 29.9 Å². The fourth-order valence-electron chi connectivity index (χ4n) is 1.61. The van der Waals surface area contributed by atoms with Gasteiger partial charge in [-0.1, -0.05) is 0 Å². The Kier molecular flexibility index (Phi) is 3.08. The van der Waals surface area contributed by atoms with Crippen molar-refractivity contribution in [1.82, 2.24) is 9.55 Å². The molecule has 3 nitrogen and oxygen atoms in total. The molecule has 2 aromatic rings. The molecule has 17 heavy (non-hydrogen) atoms. The minimum Gasteiger partial charge on any atom is -0.356 e. The van der Waals surface area contributed by atoms with Crippen LogP contribution in [0.15, 0.2) is 24.4 Å². The smallest absolute Gasteiger partial charge is 0.207 e. The van der Waals surface area contributed by atoms with Gasteiger partial charge in [0.2, 0.25) is 5.95 Å². The third-order valence-electron chi connectivity index (χ3n) is 2.34. The number of aromatic nitrogens is 2. The first-order chi connectivity index (χ1) is 8.11. The van der Waals surface area contributed by atoms with Gasteiger partial charge in [-0.15, -0.1) is 0 Å². The summed E-state index contributed by atoms with van der Waals surface area (Å²) in [6.07, 6.45) is 1.77. The first-order valence-electron chi connectivity index (χ1n) is 5.37. The highest BCUT2D eigenvalue weighted by Gasteiger charge is 2.09. The Balaban J connectivity index is 2.47. The van der Waals surface area contributed by atoms with Crippen molar-refractivity contribution in [2.45, 2.75) is 13.8 Å². The molecule has 0 spiro atoms. The number of rotatable bonds is 3. The highest BCUT2D eigenvalue weighted by atomic mass is 19.2. The average Bonchev–Trinajstić information content (AvgIpc) is 2.64. The third-order valence-corrected chi connectivity index (χ3v) is 2.34. The van der Waals surface area contributed by atoms with E-state index in [-0.39, 0.29) is 0 Å². The standard InChI is InChI=1S/C12H13F2N3/c1-3-15-12-16-8(2)7-17(12)9-4-5-10(13)11(14)6-9/h4-7H,3H2,1-2H3,(H,15,16). The van der Waals surface area contributed by atoms with Crippen LogP contribution in [0.25, 0.3) is 5.69 Å². The molecule has 0 unspecified atom stereocenters. The molecule has 0 radical (unpaired) electrons. The monoisotopic (exact) mass is 237 g/mol. The zero-order valence-electron chi connectivity index (χ0n) is 9.67. The summed E-state index contributed by atoms with van der Waals surface area (Å²) in [5.41, 5.74) is 1.35. The molecule has 0 fully saturated rings. The van der Waals surface area contributed by atoms with Crippen LogP contribution in [0.3, 0.4) is 0 Å². The molecule has 0 atom stereocenters. The maximum atomic E-state index is 13.2. The van der Waals surface area contributed by atoms with Gasteiger partial charge in [0.05, 0.1) is 11.4 Å². The number of hydrogen-bond acceptors (Lipinski definition) is 2. The normalized spacial score (nSPS) is 10.6. The van der Waals surface area contributed by atoms with E-state index in [0.717, 1.165) is 17.8 Å². The van der Waals surface area contributed by atoms with Crippen molar-refractivity contribution >= 4 is 5.95 Å². The Morgan fingerprint density at radius 2 is 2.06 bits per heavy atom. The lowest BCUT2D eigenvalue weighted by atomic mass is 10.3. The van der Waals surface area contributed by atoms with Crippen LogP contribution in [-0.2, 0) is 0 Å². The van der Waals surface area contributed by atoms with Gasteiger partial charge in [-0.2, -0.15) is 0 Å². The maximum absolute atomic E-state index is 13.2. The van der Waals surface area contributed by atoms with Gasteiger partial charge in [0, 0.05) is 18.8 Å². The lowest BCUT2D eigenvalue weighted by Gasteiger charge is -2.08. The minimum absolute atomic E-state index is 0.542. The largest absolute Gasteiger partial charge is 0.356 e. The molecule has 1 N–H and O–H groups in total. The van der Waals surface area contributed by atoms with Crippen LogP contribution in [0.1, 0.15) is 12.6 Å². The summed E-state index contributed by atoms with van der Waals surface area (Å²) in [5, 5.41) is 3.07. The van der Waals surface area contributed by atoms with Crippen molar-refractivity contribution in [3.05, 3.63) is 41.7 Å². The van der Waals surface area contributed by atoms with Crippen molar-refractivity contribution in [2.24, 2.45) is 0 Å². The lowest BCUT2D eigenvalue weighted by Crippen LogP contribution is -2.05. The van der Waals surface area contributed by atoms with Gasteiger partial charge in [-0.3, -0.25) is 4.57 Å². The zero-order chi connectivity index (χ0) is 12.4. The van der Waals surface area contributed by atoms with Crippen molar-refractivity contribution in [2.75, 3.05) is 11.9 Å². The first kappa shape index (κ1) is 11.6. The molecule has 0 saturated carbocycles. The summed E-state index contributed by atoms with van der Waals surface area (Å²) in [5.74, 6) is -1.09. The molecule has 0 saturated heterocycles. The SMILES string of the molecule is CCNc1nc(C)cn1-c1ccc(F)c(F)c1. The summed E-state index contributed by atoms with van der Waals surface area (Å²) in [6, 6.07) is 3.77. The van der Waals surface area contributed by atoms with Crippen LogP contribution in [0.2, 0.25) is 0 Å². The average molecular weight is 237 g/mol. The number of nitrogens with zero attached hydrogens (tertiary/aromatic N) is 2. The quantitative estimate of drug-likeness (QED) is 0.889. The summed E-state index contributed by atoms with van der Waals surface area (Å²) in [4.78, 5) is 4.26. The predicted octanol–water partition coefficient (Wildman–Crippen LogP) is 2.89. The zero-order valence-corrected chi connectivity index (χ0v) is 9.67. The second-order valence-electron chi connectivity index (χ2n) is 3.70. The Bertz CT molecular complexity index is 535. The molecule has 2 rings (SSSR count). The second kappa shape index (κ2) is 4.53. The van der Waals surface area contributed by atoms with Crippen molar-refractivity contribution in [3.63, 3.8) is 0 Å². The number of nitrogens with one attached hydrogen (secondary N) is 1. The highest BCUT2D eigenvalue weighted by molar-refractivity contribution is 5.43. The molecule has 90 valence electrons. The molecule has 5 heteroatoms. The van der Waals surface area contributed by atoms with Crippen molar-refractivity contribution < 1.29 is 8.78 Å². The van der Waals surface area contributed by atoms with Gasteiger partial charge < -0.3 is 5.32 Å². The van der Waals surface area contributed by atoms with Gasteiger partial charge >= 0.3 is 0 Å². The Labute approximate surface area is 98.1 Å². The number of anilines is 1. The molecule has 0 aliphatic carbocycles. The van der Waals surface area contributed by atoms with Gasteiger partial charge in [-0.25, -0.2) is 13.8 Å². The van der Waals surface area contributed by atoms with Gasteiger partial charge in [0.1, 0.15) is 0 Å². The third kappa shape index (κ3) is 2.27. The van der Waals surface area contributed by atoms with Crippen molar-refractivity contribution in [3.8, 4) is 5.69 Å². The van der Waals surface area contributed by atoms with Crippen LogP contribution in [-0.4, -0.2) is 16.1 Å². The summed E-state index contributed by atoms with van der Waals surface area (Å²) in [7, 11) is 0. The minimum atomic E-state index is -0.865. The molecular weight excluding hydrogens is 224 g/mol. The number of hydrogen-bond donors (Lipinski definition) is 1. The Morgan fingerprint density at radius 3 is 2.71 bits per heavy atom. The highest BCUT2D eigenvalue weighted by Crippen LogP contribution is 2.18. The molecule has 1 aromatic heterocycles. The lowest BCUT2D eigenvalue weighted by molar-refractivity contribution is 0.508. The molecule has 0 aliphatic heterocycles. The molecule has 0 amide bonds. The number of imidazole rings is 1. The fraction of sp³-hybridized carbons (Fsp3) is 0.250. The van der Waals surface area contributed by atoms with Crippen LogP contribution in [0.5, 0.6) is 0 Å². The van der Waals surface area contributed by atoms with Gasteiger partial charge in [0.15, 0.2) is 11.6 Å². The van der Waals surface area contributed by atoms with Gasteiger partial charge in [-0.05, 0) is 26.0 Å². The van der Waals surface area contributed by atoms with Crippen LogP contribution >= 0.6 is 0 Å². The first-order valence-corrected chi connectivity index (χ1v) is 5.37. The molecule has 1 aromatic carbocycles. The van der Waals surface area contributed by atoms with E-state index in [1.165, 1.54) is 6.07 Å². The van der Waals surface area contributed by atoms with E-state index < -0.39 is 11.6 Å². The van der Waals surface area contributed by atoms with Crippen LogP contribution in [0.4, 0.5) is 14.7 Å². The summed E-state index contributed by atoms with van der Waals surface area (Å²) >= 11 is 0. The Hall–Kier alpha value is -1.91. The number of aryl methyl sites for hydroxylation is 1. The molecule has 0 bridgehead atoms. The number of halogens is 2. The maximum Gasteiger partial charge on any atom is 0.207 e. The van der Waals surface area contributed by atoms with E-state index in [2.05, 4.69) is 10.3 Å². The molecular formula is C12H13F2N3. The second-order valence-corrected chi connectivity index (χ2v) is 3.70. The van der Waals surface area contributed by atoms with Crippen LogP contribution < -0.4 is 5.32 Å². The van der Waals surface area contributed by atoms with E-state index in [4.69, 9.17) is 0 Å². The van der Waals surface area contributed by atoms with E-state index in [9.17, 15) is 8.78 Å². The summed E-state index contributed by atoms with van der Waals surface area (Å²) in [6.45, 7) is 4.50. The Morgan fingerprint density at radius 1 is 1.29 bits per heavy atom. The van der Waals surface area contributed by atoms with E-state index in [1.54, 1.807) is 10.8 Å². The fourth-order valence-corrected chi connectivity index (χ4v) is 1.61. The van der Waals surface area contributed by atoms with Crippen molar-refractivity contribution in [1.29, 1.82) is 0 Å². The van der Waals surface area contributed by atoms with E-state index in [1.807, 2.05) is 13.8 Å². The van der Waals surface area contributed by atoms with E-state index in [0.29, 0.717) is 18.2 Å². The van der Waals surface area contributed by atoms with E-state index >= 15 is 0 Å². The molecule has 0 aliphatic rings. The molecule has 1 heterocycles. The van der Waals surface area contributed by atoms with Gasteiger partial charge in [0.25, 0.3) is 0 Å². The predicted molar refractivity (Wildman–Crippen MR) is 62.4 cm³/mol.